The maximum atomic E-state index is 11.9. The number of aromatic nitrogens is 1. The average molecular weight is 296 g/mol. The normalized spacial score (nSPS) is 12.1. The lowest BCUT2D eigenvalue weighted by Gasteiger charge is -2.15. The summed E-state index contributed by atoms with van der Waals surface area (Å²) in [5.41, 5.74) is 7.11. The number of nitrogens with zero attached hydrogens (tertiary/aromatic N) is 1. The molecule has 19 heavy (non-hydrogen) atoms. The van der Waals surface area contributed by atoms with Gasteiger partial charge in [0.05, 0.1) is 18.2 Å². The summed E-state index contributed by atoms with van der Waals surface area (Å²) in [6.45, 7) is 1.90. The third-order valence-corrected chi connectivity index (χ3v) is 3.73. The molecule has 0 bridgehead atoms. The lowest BCUT2D eigenvalue weighted by atomic mass is 10.1. The first kappa shape index (κ1) is 13.8. The summed E-state index contributed by atoms with van der Waals surface area (Å²) in [6.07, 6.45) is 0.225. The van der Waals surface area contributed by atoms with Crippen LogP contribution in [-0.2, 0) is 11.2 Å². The second-order valence-electron chi connectivity index (χ2n) is 4.16. The highest BCUT2D eigenvalue weighted by molar-refractivity contribution is 7.13. The first-order valence-corrected chi connectivity index (χ1v) is 7.05. The van der Waals surface area contributed by atoms with E-state index in [0.29, 0.717) is 15.8 Å². The first-order valence-electron chi connectivity index (χ1n) is 5.80. The fourth-order valence-corrected chi connectivity index (χ4v) is 2.63. The van der Waals surface area contributed by atoms with Crippen LogP contribution in [0.1, 0.15) is 24.2 Å². The van der Waals surface area contributed by atoms with Gasteiger partial charge in [0.25, 0.3) is 0 Å². The van der Waals surface area contributed by atoms with Crippen molar-refractivity contribution in [2.24, 2.45) is 0 Å². The SMILES string of the molecule is C[C@@H](NC(=O)Cc1csc(N)n1)c1ccccc1Cl. The van der Waals surface area contributed by atoms with Crippen molar-refractivity contribution in [1.82, 2.24) is 10.3 Å². The number of anilines is 1. The largest absolute Gasteiger partial charge is 0.375 e. The minimum absolute atomic E-state index is 0.0993. The van der Waals surface area contributed by atoms with Gasteiger partial charge in [0.2, 0.25) is 5.91 Å². The summed E-state index contributed by atoms with van der Waals surface area (Å²) in [6, 6.07) is 7.32. The van der Waals surface area contributed by atoms with Gasteiger partial charge in [-0.25, -0.2) is 4.98 Å². The highest BCUT2D eigenvalue weighted by Gasteiger charge is 2.13. The molecule has 0 saturated carbocycles. The molecular weight excluding hydrogens is 282 g/mol. The standard InChI is InChI=1S/C13H14ClN3OS/c1-8(10-4-2-3-5-11(10)14)16-12(18)6-9-7-19-13(15)17-9/h2-5,7-8H,6H2,1H3,(H2,15,17)(H,16,18)/t8-/m1/s1. The zero-order valence-electron chi connectivity index (χ0n) is 10.4. The Labute approximate surface area is 120 Å². The van der Waals surface area contributed by atoms with E-state index in [1.807, 2.05) is 25.1 Å². The monoisotopic (exact) mass is 295 g/mol. The van der Waals surface area contributed by atoms with E-state index < -0.39 is 0 Å². The number of rotatable bonds is 4. The number of thiazole rings is 1. The Kier molecular flexibility index (Phi) is 4.39. The van der Waals surface area contributed by atoms with Crippen LogP contribution in [0.4, 0.5) is 5.13 Å². The molecule has 0 fully saturated rings. The molecule has 1 aromatic heterocycles. The molecule has 0 aliphatic rings. The van der Waals surface area contributed by atoms with E-state index in [1.165, 1.54) is 11.3 Å². The van der Waals surface area contributed by atoms with E-state index in [0.717, 1.165) is 5.56 Å². The summed E-state index contributed by atoms with van der Waals surface area (Å²) >= 11 is 7.42. The lowest BCUT2D eigenvalue weighted by molar-refractivity contribution is -0.121. The van der Waals surface area contributed by atoms with E-state index in [1.54, 1.807) is 11.4 Å². The van der Waals surface area contributed by atoms with Gasteiger partial charge in [-0.05, 0) is 18.6 Å². The Bertz CT molecular complexity index is 585. The molecule has 1 heterocycles. The van der Waals surface area contributed by atoms with Crippen molar-refractivity contribution >= 4 is 34.0 Å². The molecule has 0 saturated heterocycles. The highest BCUT2D eigenvalue weighted by atomic mass is 35.5. The Balaban J connectivity index is 1.97. The summed E-state index contributed by atoms with van der Waals surface area (Å²) in [4.78, 5) is 15.9. The number of nitrogens with one attached hydrogen (secondary N) is 1. The quantitative estimate of drug-likeness (QED) is 0.911. The number of nitrogens with two attached hydrogens (primary N) is 1. The van der Waals surface area contributed by atoms with Gasteiger partial charge in [-0.2, -0.15) is 0 Å². The molecule has 0 aliphatic carbocycles. The highest BCUT2D eigenvalue weighted by Crippen LogP contribution is 2.22. The summed E-state index contributed by atoms with van der Waals surface area (Å²) in [5, 5.41) is 5.80. The number of nitrogen functional groups attached to an aromatic ring is 1. The Hall–Kier alpha value is -1.59. The van der Waals surface area contributed by atoms with Crippen LogP contribution >= 0.6 is 22.9 Å². The van der Waals surface area contributed by atoms with E-state index >= 15 is 0 Å². The number of amides is 1. The average Bonchev–Trinajstić information content (AvgIpc) is 2.74. The zero-order chi connectivity index (χ0) is 13.8. The van der Waals surface area contributed by atoms with E-state index in [-0.39, 0.29) is 18.4 Å². The van der Waals surface area contributed by atoms with Crippen molar-refractivity contribution < 1.29 is 4.79 Å². The lowest BCUT2D eigenvalue weighted by Crippen LogP contribution is -2.28. The molecule has 1 atom stereocenters. The molecule has 2 aromatic rings. The third-order valence-electron chi connectivity index (χ3n) is 2.66. The Morgan fingerprint density at radius 2 is 2.26 bits per heavy atom. The predicted octanol–water partition coefficient (Wildman–Crippen LogP) is 2.80. The van der Waals surface area contributed by atoms with Gasteiger partial charge in [-0.1, -0.05) is 29.8 Å². The van der Waals surface area contributed by atoms with Crippen LogP contribution in [0.15, 0.2) is 29.6 Å². The molecule has 6 heteroatoms. The second kappa shape index (κ2) is 6.04. The number of carbonyl (C=O) groups is 1. The first-order chi connectivity index (χ1) is 9.06. The summed E-state index contributed by atoms with van der Waals surface area (Å²) < 4.78 is 0. The van der Waals surface area contributed by atoms with Crippen LogP contribution < -0.4 is 11.1 Å². The van der Waals surface area contributed by atoms with Gasteiger partial charge in [0, 0.05) is 10.4 Å². The van der Waals surface area contributed by atoms with E-state index in [4.69, 9.17) is 17.3 Å². The van der Waals surface area contributed by atoms with Crippen molar-refractivity contribution in [2.75, 3.05) is 5.73 Å². The van der Waals surface area contributed by atoms with Gasteiger partial charge in [0.1, 0.15) is 0 Å². The van der Waals surface area contributed by atoms with Crippen molar-refractivity contribution in [3.05, 3.63) is 45.9 Å². The van der Waals surface area contributed by atoms with Crippen molar-refractivity contribution in [1.29, 1.82) is 0 Å². The minimum Gasteiger partial charge on any atom is -0.375 e. The molecule has 1 aromatic carbocycles. The minimum atomic E-state index is -0.141. The number of hydrogen-bond acceptors (Lipinski definition) is 4. The van der Waals surface area contributed by atoms with Gasteiger partial charge in [-0.3, -0.25) is 4.79 Å². The number of carbonyl (C=O) groups excluding carboxylic acids is 1. The van der Waals surface area contributed by atoms with Crippen LogP contribution in [0.25, 0.3) is 0 Å². The Morgan fingerprint density at radius 3 is 2.89 bits per heavy atom. The predicted molar refractivity (Wildman–Crippen MR) is 78.2 cm³/mol. The topological polar surface area (TPSA) is 68.0 Å². The van der Waals surface area contributed by atoms with Crippen LogP contribution in [0.5, 0.6) is 0 Å². The molecule has 0 unspecified atom stereocenters. The number of halogens is 1. The molecule has 4 nitrogen and oxygen atoms in total. The van der Waals surface area contributed by atoms with Crippen molar-refractivity contribution in [2.45, 2.75) is 19.4 Å². The van der Waals surface area contributed by atoms with Crippen LogP contribution in [0.2, 0.25) is 5.02 Å². The smallest absolute Gasteiger partial charge is 0.226 e. The van der Waals surface area contributed by atoms with Crippen molar-refractivity contribution in [3.63, 3.8) is 0 Å². The van der Waals surface area contributed by atoms with Gasteiger partial charge in [-0.15, -0.1) is 11.3 Å². The molecule has 1 amide bonds. The molecular formula is C13H14ClN3OS. The molecule has 2 rings (SSSR count). The zero-order valence-corrected chi connectivity index (χ0v) is 12.0. The van der Waals surface area contributed by atoms with Crippen LogP contribution in [0.3, 0.4) is 0 Å². The van der Waals surface area contributed by atoms with Crippen molar-refractivity contribution in [3.8, 4) is 0 Å². The van der Waals surface area contributed by atoms with E-state index in [9.17, 15) is 4.79 Å². The van der Waals surface area contributed by atoms with E-state index in [2.05, 4.69) is 10.3 Å². The molecule has 100 valence electrons. The van der Waals surface area contributed by atoms with Gasteiger partial charge in [0.15, 0.2) is 5.13 Å². The molecule has 0 radical (unpaired) electrons. The number of hydrogen-bond donors (Lipinski definition) is 2. The summed E-state index contributed by atoms with van der Waals surface area (Å²) in [7, 11) is 0. The molecule has 3 N–H and O–H groups in total. The van der Waals surface area contributed by atoms with Crippen LogP contribution in [0, 0.1) is 0 Å². The Morgan fingerprint density at radius 1 is 1.53 bits per heavy atom. The fourth-order valence-electron chi connectivity index (χ4n) is 1.76. The van der Waals surface area contributed by atoms with Gasteiger partial charge >= 0.3 is 0 Å². The maximum Gasteiger partial charge on any atom is 0.226 e. The summed E-state index contributed by atoms with van der Waals surface area (Å²) in [5.74, 6) is -0.0993. The number of benzene rings is 1. The van der Waals surface area contributed by atoms with Crippen LogP contribution in [-0.4, -0.2) is 10.9 Å². The maximum absolute atomic E-state index is 11.9. The molecule has 0 spiro atoms. The molecule has 0 aliphatic heterocycles. The fraction of sp³-hybridized carbons (Fsp3) is 0.231. The second-order valence-corrected chi connectivity index (χ2v) is 5.46. The van der Waals surface area contributed by atoms with Gasteiger partial charge < -0.3 is 11.1 Å². The third kappa shape index (κ3) is 3.68.